The molecule has 1 saturated carbocycles. The lowest BCUT2D eigenvalue weighted by molar-refractivity contribution is 0.156. The standard InChI is InChI=1S/C20H38N4O.HI/c1-4-21-19(24-12-10-20(15-24)11-13-25-16-20)22-14-18(23(2)3)17-8-6-5-7-9-17;/h17-18H,4-16H2,1-3H3,(H,21,22);1H. The fourth-order valence-corrected chi connectivity index (χ4v) is 4.95. The molecule has 26 heavy (non-hydrogen) atoms. The van der Waals surface area contributed by atoms with E-state index in [0.717, 1.165) is 51.3 Å². The Bertz CT molecular complexity index is 445. The van der Waals surface area contributed by atoms with Crippen molar-refractivity contribution in [2.75, 3.05) is 53.5 Å². The minimum absolute atomic E-state index is 0. The molecule has 2 saturated heterocycles. The minimum Gasteiger partial charge on any atom is -0.381 e. The molecule has 0 radical (unpaired) electrons. The van der Waals surface area contributed by atoms with Crippen LogP contribution in [0.15, 0.2) is 4.99 Å². The molecule has 0 aromatic rings. The maximum Gasteiger partial charge on any atom is 0.193 e. The number of likely N-dealkylation sites (tertiary alicyclic amines) is 1. The molecule has 2 aliphatic heterocycles. The number of hydrogen-bond acceptors (Lipinski definition) is 3. The highest BCUT2D eigenvalue weighted by atomic mass is 127. The summed E-state index contributed by atoms with van der Waals surface area (Å²) in [7, 11) is 4.45. The van der Waals surface area contributed by atoms with Crippen molar-refractivity contribution in [2.24, 2.45) is 16.3 Å². The predicted molar refractivity (Wildman–Crippen MR) is 120 cm³/mol. The fourth-order valence-electron chi connectivity index (χ4n) is 4.95. The Morgan fingerprint density at radius 2 is 2.04 bits per heavy atom. The van der Waals surface area contributed by atoms with Crippen molar-refractivity contribution >= 4 is 29.9 Å². The van der Waals surface area contributed by atoms with Gasteiger partial charge in [0.05, 0.1) is 13.2 Å². The average Bonchev–Trinajstić information content (AvgIpc) is 3.25. The molecule has 5 nitrogen and oxygen atoms in total. The van der Waals surface area contributed by atoms with E-state index in [1.807, 2.05) is 0 Å². The molecule has 6 heteroatoms. The summed E-state index contributed by atoms with van der Waals surface area (Å²) in [6.45, 7) is 8.12. The second-order valence-corrected chi connectivity index (χ2v) is 8.60. The molecule has 0 aromatic heterocycles. The second kappa shape index (κ2) is 10.5. The molecular weight excluding hydrogens is 439 g/mol. The molecule has 0 bridgehead atoms. The van der Waals surface area contributed by atoms with Gasteiger partial charge in [-0.2, -0.15) is 0 Å². The zero-order valence-corrected chi connectivity index (χ0v) is 19.3. The third-order valence-electron chi connectivity index (χ3n) is 6.54. The molecule has 3 rings (SSSR count). The molecule has 2 unspecified atom stereocenters. The van der Waals surface area contributed by atoms with E-state index in [9.17, 15) is 0 Å². The Balaban J connectivity index is 0.00000243. The molecule has 3 aliphatic rings. The van der Waals surface area contributed by atoms with Gasteiger partial charge in [0.2, 0.25) is 0 Å². The first-order chi connectivity index (χ1) is 12.1. The summed E-state index contributed by atoms with van der Waals surface area (Å²) >= 11 is 0. The molecule has 1 N–H and O–H groups in total. The van der Waals surface area contributed by atoms with Crippen LogP contribution in [0.4, 0.5) is 0 Å². The third-order valence-corrected chi connectivity index (χ3v) is 6.54. The number of guanidine groups is 1. The first-order valence-electron chi connectivity index (χ1n) is 10.4. The van der Waals surface area contributed by atoms with Crippen molar-refractivity contribution in [1.82, 2.24) is 15.1 Å². The highest BCUT2D eigenvalue weighted by molar-refractivity contribution is 14.0. The van der Waals surface area contributed by atoms with E-state index in [0.29, 0.717) is 11.5 Å². The van der Waals surface area contributed by atoms with Crippen LogP contribution < -0.4 is 5.32 Å². The monoisotopic (exact) mass is 478 g/mol. The zero-order chi connectivity index (χ0) is 17.7. The van der Waals surface area contributed by atoms with Crippen LogP contribution in [0, 0.1) is 11.3 Å². The Morgan fingerprint density at radius 3 is 2.65 bits per heavy atom. The number of likely N-dealkylation sites (N-methyl/N-ethyl adjacent to an activating group) is 1. The van der Waals surface area contributed by atoms with Gasteiger partial charge in [-0.1, -0.05) is 19.3 Å². The highest BCUT2D eigenvalue weighted by Gasteiger charge is 2.42. The van der Waals surface area contributed by atoms with Gasteiger partial charge in [-0.25, -0.2) is 0 Å². The third kappa shape index (κ3) is 5.47. The van der Waals surface area contributed by atoms with Crippen LogP contribution in [0.25, 0.3) is 0 Å². The van der Waals surface area contributed by atoms with Gasteiger partial charge in [0.25, 0.3) is 0 Å². The van der Waals surface area contributed by atoms with Crippen molar-refractivity contribution in [2.45, 2.75) is 57.9 Å². The van der Waals surface area contributed by atoms with E-state index in [1.54, 1.807) is 0 Å². The number of nitrogens with one attached hydrogen (secondary N) is 1. The normalized spacial score (nSPS) is 28.6. The summed E-state index contributed by atoms with van der Waals surface area (Å²) < 4.78 is 5.69. The maximum atomic E-state index is 5.69. The highest BCUT2D eigenvalue weighted by Crippen LogP contribution is 2.38. The Morgan fingerprint density at radius 1 is 1.27 bits per heavy atom. The van der Waals surface area contributed by atoms with Crippen molar-refractivity contribution in [3.8, 4) is 0 Å². The van der Waals surface area contributed by atoms with E-state index < -0.39 is 0 Å². The lowest BCUT2D eigenvalue weighted by Gasteiger charge is -2.34. The number of hydrogen-bond donors (Lipinski definition) is 1. The number of aliphatic imine (C=N–C) groups is 1. The lowest BCUT2D eigenvalue weighted by Crippen LogP contribution is -2.44. The van der Waals surface area contributed by atoms with Gasteiger partial charge in [0.15, 0.2) is 5.96 Å². The summed E-state index contributed by atoms with van der Waals surface area (Å²) in [5.74, 6) is 1.93. The topological polar surface area (TPSA) is 40.1 Å². The van der Waals surface area contributed by atoms with Gasteiger partial charge in [0.1, 0.15) is 0 Å². The Kier molecular flexibility index (Phi) is 8.94. The number of ether oxygens (including phenoxy) is 1. The van der Waals surface area contributed by atoms with Gasteiger partial charge in [-0.05, 0) is 52.6 Å². The minimum atomic E-state index is 0. The largest absolute Gasteiger partial charge is 0.381 e. The van der Waals surface area contributed by atoms with Crippen LogP contribution in [0.5, 0.6) is 0 Å². The maximum absolute atomic E-state index is 5.69. The van der Waals surface area contributed by atoms with E-state index >= 15 is 0 Å². The van der Waals surface area contributed by atoms with Crippen LogP contribution in [-0.2, 0) is 4.74 Å². The fraction of sp³-hybridized carbons (Fsp3) is 0.950. The van der Waals surface area contributed by atoms with Crippen LogP contribution in [0.3, 0.4) is 0 Å². The van der Waals surface area contributed by atoms with Gasteiger partial charge < -0.3 is 19.9 Å². The number of nitrogens with zero attached hydrogens (tertiary/aromatic N) is 3. The molecule has 0 amide bonds. The first-order valence-corrected chi connectivity index (χ1v) is 10.4. The number of rotatable bonds is 5. The quantitative estimate of drug-likeness (QED) is 0.375. The van der Waals surface area contributed by atoms with Crippen LogP contribution in [0.2, 0.25) is 0 Å². The Labute approximate surface area is 177 Å². The van der Waals surface area contributed by atoms with Crippen LogP contribution in [0.1, 0.15) is 51.9 Å². The average molecular weight is 478 g/mol. The summed E-state index contributed by atoms with van der Waals surface area (Å²) in [4.78, 5) is 9.98. The number of halogens is 1. The first kappa shape index (κ1) is 22.2. The molecule has 1 spiro atoms. The predicted octanol–water partition coefficient (Wildman–Crippen LogP) is 3.19. The molecule has 2 atom stereocenters. The van der Waals surface area contributed by atoms with E-state index in [2.05, 4.69) is 36.1 Å². The molecule has 3 fully saturated rings. The summed E-state index contributed by atoms with van der Waals surface area (Å²) in [5.41, 5.74) is 0.389. The molecule has 0 aromatic carbocycles. The van der Waals surface area contributed by atoms with Gasteiger partial charge in [0, 0.05) is 37.7 Å². The van der Waals surface area contributed by atoms with Crippen LogP contribution >= 0.6 is 24.0 Å². The van der Waals surface area contributed by atoms with Gasteiger partial charge >= 0.3 is 0 Å². The van der Waals surface area contributed by atoms with Gasteiger partial charge in [-0.3, -0.25) is 4.99 Å². The summed E-state index contributed by atoms with van der Waals surface area (Å²) in [6, 6.07) is 0.570. The van der Waals surface area contributed by atoms with E-state index in [1.165, 1.54) is 44.9 Å². The van der Waals surface area contributed by atoms with E-state index in [4.69, 9.17) is 9.73 Å². The lowest BCUT2D eigenvalue weighted by atomic mass is 9.83. The van der Waals surface area contributed by atoms with Crippen molar-refractivity contribution in [3.63, 3.8) is 0 Å². The smallest absolute Gasteiger partial charge is 0.193 e. The van der Waals surface area contributed by atoms with Crippen LogP contribution in [-0.4, -0.2) is 75.3 Å². The second-order valence-electron chi connectivity index (χ2n) is 8.60. The molecule has 152 valence electrons. The van der Waals surface area contributed by atoms with Crippen molar-refractivity contribution < 1.29 is 4.74 Å². The Hall–Kier alpha value is -0.0800. The molecular formula is C20H39IN4O. The van der Waals surface area contributed by atoms with Gasteiger partial charge in [-0.15, -0.1) is 24.0 Å². The molecule has 2 heterocycles. The van der Waals surface area contributed by atoms with Crippen molar-refractivity contribution in [1.29, 1.82) is 0 Å². The van der Waals surface area contributed by atoms with Crippen molar-refractivity contribution in [3.05, 3.63) is 0 Å². The van der Waals surface area contributed by atoms with E-state index in [-0.39, 0.29) is 24.0 Å². The summed E-state index contributed by atoms with van der Waals surface area (Å²) in [5, 5.41) is 3.54. The summed E-state index contributed by atoms with van der Waals surface area (Å²) in [6.07, 6.45) is 9.42. The molecule has 1 aliphatic carbocycles. The zero-order valence-electron chi connectivity index (χ0n) is 17.0. The SMILES string of the molecule is CCNC(=NCC(C1CCCCC1)N(C)C)N1CCC2(CCOC2)C1.I.